The SMILES string of the molecule is CCCCCCCCCCCCCCCCCCCC(=O)O[C@H](COC(=O)CCCCCCCCCCCCCCCCC)COP(=O)(O)OC[C@@H](O)COP(=O)(O)OC[C@@H](COC(=O)CCCCCCCCCC(C)C)OC(=O)CCCCCCCCCCCCCC. The highest BCUT2D eigenvalue weighted by molar-refractivity contribution is 7.47. The van der Waals surface area contributed by atoms with Gasteiger partial charge in [0.1, 0.15) is 19.3 Å². The number of carbonyl (C=O) groups excluding carboxylic acids is 4. The van der Waals surface area contributed by atoms with Crippen molar-refractivity contribution in [2.75, 3.05) is 39.6 Å². The summed E-state index contributed by atoms with van der Waals surface area (Å²) < 4.78 is 68.5. The molecule has 558 valence electrons. The maximum Gasteiger partial charge on any atom is 0.472 e. The number of aliphatic hydroxyl groups is 1. The monoisotopic (exact) mass is 1380 g/mol. The van der Waals surface area contributed by atoms with Gasteiger partial charge in [0.15, 0.2) is 12.2 Å². The summed E-state index contributed by atoms with van der Waals surface area (Å²) in [5, 5.41) is 10.6. The zero-order valence-electron chi connectivity index (χ0n) is 61.1. The van der Waals surface area contributed by atoms with Crippen LogP contribution in [-0.4, -0.2) is 96.7 Å². The van der Waals surface area contributed by atoms with Crippen LogP contribution in [0, 0.1) is 5.92 Å². The molecule has 0 aromatic rings. The van der Waals surface area contributed by atoms with E-state index in [2.05, 4.69) is 34.6 Å². The second-order valence-corrected chi connectivity index (χ2v) is 30.4. The van der Waals surface area contributed by atoms with Crippen molar-refractivity contribution in [2.45, 2.75) is 412 Å². The molecule has 5 atom stereocenters. The van der Waals surface area contributed by atoms with Crippen molar-refractivity contribution in [3.05, 3.63) is 0 Å². The zero-order valence-corrected chi connectivity index (χ0v) is 62.9. The lowest BCUT2D eigenvalue weighted by Gasteiger charge is -2.21. The molecule has 94 heavy (non-hydrogen) atoms. The minimum absolute atomic E-state index is 0.107. The molecule has 0 rings (SSSR count). The number of carbonyl (C=O) groups is 4. The van der Waals surface area contributed by atoms with E-state index in [0.29, 0.717) is 31.6 Å². The lowest BCUT2D eigenvalue weighted by atomic mass is 10.0. The maximum atomic E-state index is 13.1. The van der Waals surface area contributed by atoms with Crippen molar-refractivity contribution in [1.29, 1.82) is 0 Å². The first-order valence-electron chi connectivity index (χ1n) is 39.1. The Kier molecular flexibility index (Phi) is 66.8. The average molecular weight is 1380 g/mol. The molecule has 0 aliphatic carbocycles. The van der Waals surface area contributed by atoms with Gasteiger partial charge in [0.25, 0.3) is 0 Å². The maximum absolute atomic E-state index is 13.1. The van der Waals surface area contributed by atoms with E-state index in [4.69, 9.17) is 37.0 Å². The van der Waals surface area contributed by atoms with Crippen LogP contribution < -0.4 is 0 Å². The van der Waals surface area contributed by atoms with Gasteiger partial charge in [-0.2, -0.15) is 0 Å². The first-order valence-corrected chi connectivity index (χ1v) is 42.1. The van der Waals surface area contributed by atoms with Gasteiger partial charge in [-0.05, 0) is 31.6 Å². The molecule has 0 fully saturated rings. The largest absolute Gasteiger partial charge is 0.472 e. The van der Waals surface area contributed by atoms with Crippen molar-refractivity contribution in [1.82, 2.24) is 0 Å². The third-order valence-electron chi connectivity index (χ3n) is 17.5. The van der Waals surface area contributed by atoms with Gasteiger partial charge in [0.2, 0.25) is 0 Å². The van der Waals surface area contributed by atoms with E-state index in [9.17, 15) is 43.2 Å². The predicted octanol–water partition coefficient (Wildman–Crippen LogP) is 22.1. The Bertz CT molecular complexity index is 1810. The van der Waals surface area contributed by atoms with Gasteiger partial charge in [0.05, 0.1) is 26.4 Å². The van der Waals surface area contributed by atoms with Crippen molar-refractivity contribution >= 4 is 39.5 Å². The van der Waals surface area contributed by atoms with Crippen molar-refractivity contribution in [2.24, 2.45) is 5.92 Å². The third-order valence-corrected chi connectivity index (χ3v) is 19.4. The molecule has 0 aliphatic rings. The van der Waals surface area contributed by atoms with E-state index in [-0.39, 0.29) is 25.7 Å². The molecule has 0 spiro atoms. The number of rotatable bonds is 75. The molecule has 0 amide bonds. The molecule has 0 saturated carbocycles. The van der Waals surface area contributed by atoms with Gasteiger partial charge in [-0.15, -0.1) is 0 Å². The number of hydrogen-bond acceptors (Lipinski definition) is 15. The second kappa shape index (κ2) is 68.2. The molecule has 0 aromatic carbocycles. The summed E-state index contributed by atoms with van der Waals surface area (Å²) in [6, 6.07) is 0. The molecule has 0 radical (unpaired) electrons. The van der Waals surface area contributed by atoms with E-state index in [0.717, 1.165) is 96.3 Å². The number of aliphatic hydroxyl groups excluding tert-OH is 1. The first-order chi connectivity index (χ1) is 45.5. The zero-order chi connectivity index (χ0) is 69.1. The molecule has 0 aromatic heterocycles. The van der Waals surface area contributed by atoms with Crippen molar-refractivity contribution in [3.63, 3.8) is 0 Å². The van der Waals surface area contributed by atoms with Gasteiger partial charge in [0, 0.05) is 25.7 Å². The fourth-order valence-electron chi connectivity index (χ4n) is 11.5. The van der Waals surface area contributed by atoms with Gasteiger partial charge in [-0.25, -0.2) is 9.13 Å². The quantitative estimate of drug-likeness (QED) is 0.0222. The molecule has 2 unspecified atom stereocenters. The summed E-state index contributed by atoms with van der Waals surface area (Å²) >= 11 is 0. The van der Waals surface area contributed by atoms with Gasteiger partial charge in [-0.3, -0.25) is 37.3 Å². The fraction of sp³-hybridized carbons (Fsp3) is 0.947. The van der Waals surface area contributed by atoms with E-state index in [1.54, 1.807) is 0 Å². The van der Waals surface area contributed by atoms with Gasteiger partial charge >= 0.3 is 39.5 Å². The summed E-state index contributed by atoms with van der Waals surface area (Å²) in [5.41, 5.74) is 0. The number of phosphoric ester groups is 2. The summed E-state index contributed by atoms with van der Waals surface area (Å²) in [4.78, 5) is 72.8. The Labute approximate surface area is 575 Å². The first kappa shape index (κ1) is 92.1. The molecular formula is C75H146O17P2. The smallest absolute Gasteiger partial charge is 0.462 e. The molecule has 3 N–H and O–H groups in total. The van der Waals surface area contributed by atoms with Crippen LogP contribution in [0.5, 0.6) is 0 Å². The third kappa shape index (κ3) is 68.6. The van der Waals surface area contributed by atoms with Crippen LogP contribution in [0.3, 0.4) is 0 Å². The van der Waals surface area contributed by atoms with Crippen LogP contribution in [0.4, 0.5) is 0 Å². The molecule has 0 aliphatic heterocycles. The number of unbranched alkanes of at least 4 members (excludes halogenated alkanes) is 47. The number of phosphoric acid groups is 2. The number of ether oxygens (including phenoxy) is 4. The van der Waals surface area contributed by atoms with Crippen LogP contribution >= 0.6 is 15.6 Å². The Morgan fingerprint density at radius 1 is 0.287 bits per heavy atom. The van der Waals surface area contributed by atoms with E-state index < -0.39 is 97.5 Å². The van der Waals surface area contributed by atoms with Gasteiger partial charge < -0.3 is 33.8 Å². The van der Waals surface area contributed by atoms with Crippen LogP contribution in [0.2, 0.25) is 0 Å². The normalized spacial score (nSPS) is 14.0. The summed E-state index contributed by atoms with van der Waals surface area (Å²) in [6.45, 7) is 7.24. The lowest BCUT2D eigenvalue weighted by molar-refractivity contribution is -0.161. The fourth-order valence-corrected chi connectivity index (χ4v) is 13.1. The highest BCUT2D eigenvalue weighted by Gasteiger charge is 2.30. The summed E-state index contributed by atoms with van der Waals surface area (Å²) in [6.07, 6.45) is 56.8. The van der Waals surface area contributed by atoms with Crippen LogP contribution in [0.15, 0.2) is 0 Å². The Balaban J connectivity index is 5.24. The van der Waals surface area contributed by atoms with Crippen molar-refractivity contribution in [3.8, 4) is 0 Å². The second-order valence-electron chi connectivity index (χ2n) is 27.5. The highest BCUT2D eigenvalue weighted by Crippen LogP contribution is 2.45. The Hall–Kier alpha value is -1.94. The number of esters is 4. The van der Waals surface area contributed by atoms with Crippen LogP contribution in [0.25, 0.3) is 0 Å². The van der Waals surface area contributed by atoms with Gasteiger partial charge in [-0.1, -0.05) is 343 Å². The molecule has 0 saturated heterocycles. The molecule has 19 heteroatoms. The number of hydrogen-bond donors (Lipinski definition) is 3. The average Bonchev–Trinajstić information content (AvgIpc) is 1.29. The minimum Gasteiger partial charge on any atom is -0.462 e. The lowest BCUT2D eigenvalue weighted by Crippen LogP contribution is -2.30. The molecule has 0 bridgehead atoms. The van der Waals surface area contributed by atoms with E-state index in [1.165, 1.54) is 212 Å². The predicted molar refractivity (Wildman–Crippen MR) is 382 cm³/mol. The standard InChI is InChI=1S/C75H146O17P2/c1-6-9-12-15-18-21-24-27-29-30-32-34-37-40-45-51-56-61-75(80)91-70(64-85-72(77)58-53-48-43-38-36-33-31-28-25-22-19-16-13-10-7-2)66-89-93(81,82)87-62-69(76)63-88-94(83,84)90-67-71(65-86-73(78)59-54-49-46-41-42-47-52-57-68(4)5)92-74(79)60-55-50-44-39-35-26-23-20-17-14-11-8-3/h68-71,76H,6-67H2,1-5H3,(H,81,82)(H,83,84)/t69-,70-,71-/m1/s1. The Morgan fingerprint density at radius 3 is 0.723 bits per heavy atom. The molecule has 0 heterocycles. The highest BCUT2D eigenvalue weighted by atomic mass is 31.2. The minimum atomic E-state index is -4.96. The summed E-state index contributed by atoms with van der Waals surface area (Å²) in [5.74, 6) is -1.41. The topological polar surface area (TPSA) is 237 Å². The van der Waals surface area contributed by atoms with Crippen molar-refractivity contribution < 1.29 is 80.2 Å². The molecular weight excluding hydrogens is 1230 g/mol. The van der Waals surface area contributed by atoms with Crippen LogP contribution in [0.1, 0.15) is 394 Å². The summed E-state index contributed by atoms with van der Waals surface area (Å²) in [7, 11) is -9.91. The van der Waals surface area contributed by atoms with Crippen LogP contribution in [-0.2, 0) is 65.4 Å². The Morgan fingerprint density at radius 2 is 0.489 bits per heavy atom. The van der Waals surface area contributed by atoms with E-state index >= 15 is 0 Å². The van der Waals surface area contributed by atoms with E-state index in [1.807, 2.05) is 0 Å². The molecule has 17 nitrogen and oxygen atoms in total.